The Balaban J connectivity index is -0.000000788. The fraction of sp³-hybridized carbons (Fsp3) is 1.00. The molecule has 0 bridgehead atoms. The fourth-order valence-corrected chi connectivity index (χ4v) is 6.53. The molecule has 0 aliphatic heterocycles. The van der Waals surface area contributed by atoms with Gasteiger partial charge in [-0.3, -0.25) is 8.74 Å². The van der Waals surface area contributed by atoms with E-state index in [1.54, 1.807) is 0 Å². The van der Waals surface area contributed by atoms with Crippen LogP contribution in [-0.4, -0.2) is 38.3 Å². The fourth-order valence-electron chi connectivity index (χ4n) is 5.64. The Kier molecular flexibility index (Phi) is 43.9. The molecule has 0 saturated heterocycles. The molecule has 10 heteroatoms. The van der Waals surface area contributed by atoms with Crippen LogP contribution in [0.4, 0.5) is 0 Å². The van der Waals surface area contributed by atoms with E-state index in [-0.39, 0.29) is 31.2 Å². The monoisotopic (exact) mass is 691 g/mol. The third-order valence-corrected chi connectivity index (χ3v) is 9.74. The minimum atomic E-state index is -4.49. The van der Waals surface area contributed by atoms with E-state index in [4.69, 9.17) is 4.55 Å². The predicted octanol–water partition coefficient (Wildman–Crippen LogP) is 8.86. The third kappa shape index (κ3) is 53.9. The zero-order valence-corrected chi connectivity index (χ0v) is 32.4. The molecule has 0 fully saturated rings. The van der Waals surface area contributed by atoms with Crippen LogP contribution < -0.4 is 18.9 Å². The molecule has 0 rings (SSSR count). The molecule has 0 aliphatic rings. The SMILES string of the molecule is CCCCCCCCCCCCCCCCCCOS(=O)(=O)[O-].CCCCCCCCCCCCCCCCCCS(=O)(=O)O.[Li+]. The normalized spacial score (nSPS) is 11.7. The second-order valence-electron chi connectivity index (χ2n) is 13.1. The van der Waals surface area contributed by atoms with Crippen LogP contribution in [0.15, 0.2) is 0 Å². The van der Waals surface area contributed by atoms with Gasteiger partial charge in [-0.25, -0.2) is 8.42 Å². The maximum Gasteiger partial charge on any atom is 1.00 e. The molecule has 0 aliphatic carbocycles. The number of unbranched alkanes of at least 4 members (excludes halogenated alkanes) is 30. The van der Waals surface area contributed by atoms with Gasteiger partial charge in [-0.1, -0.05) is 206 Å². The average Bonchev–Trinajstić information content (AvgIpc) is 2.98. The van der Waals surface area contributed by atoms with E-state index < -0.39 is 20.5 Å². The van der Waals surface area contributed by atoms with Crippen LogP contribution in [0, 0.1) is 0 Å². The average molecular weight is 691 g/mol. The zero-order valence-electron chi connectivity index (χ0n) is 30.8. The van der Waals surface area contributed by atoms with Gasteiger partial charge in [0.2, 0.25) is 10.4 Å². The Labute approximate surface area is 299 Å². The Hall–Kier alpha value is 0.377. The quantitative estimate of drug-likeness (QED) is 0.0305. The molecule has 0 spiro atoms. The molecule has 0 heterocycles. The first-order chi connectivity index (χ1) is 21.6. The third-order valence-electron chi connectivity index (χ3n) is 8.48. The number of hydrogen-bond donors (Lipinski definition) is 1. The van der Waals surface area contributed by atoms with Gasteiger partial charge in [0.1, 0.15) is 0 Å². The standard InChI is InChI=1S/C18H38O4S.C18H38O3S.Li/c1-2-3-4-5-6-7-8-9-10-11-12-13-14-15-16-17-18-22-23(19,20)21;1-2-3-4-5-6-7-8-9-10-11-12-13-14-15-16-17-18-22(19,20)21;/h2-18H2,1H3,(H,19,20,21);2-18H2,1H3,(H,19,20,21);/q;;+1/p-1. The van der Waals surface area contributed by atoms with Crippen molar-refractivity contribution >= 4 is 20.5 Å². The van der Waals surface area contributed by atoms with E-state index in [0.29, 0.717) is 12.8 Å². The van der Waals surface area contributed by atoms with E-state index in [1.165, 1.54) is 167 Å². The molecular weight excluding hydrogens is 615 g/mol. The molecule has 7 nitrogen and oxygen atoms in total. The largest absolute Gasteiger partial charge is 1.00 e. The summed E-state index contributed by atoms with van der Waals surface area (Å²) < 4.78 is 64.5. The van der Waals surface area contributed by atoms with Gasteiger partial charge in [0, 0.05) is 0 Å². The molecule has 274 valence electrons. The van der Waals surface area contributed by atoms with Crippen molar-refractivity contribution in [3.8, 4) is 0 Å². The molecule has 0 aromatic heterocycles. The van der Waals surface area contributed by atoms with Crippen molar-refractivity contribution in [1.82, 2.24) is 0 Å². The van der Waals surface area contributed by atoms with Crippen LogP contribution >= 0.6 is 0 Å². The van der Waals surface area contributed by atoms with Crippen LogP contribution in [0.3, 0.4) is 0 Å². The van der Waals surface area contributed by atoms with Crippen LogP contribution in [-0.2, 0) is 24.7 Å². The van der Waals surface area contributed by atoms with Gasteiger partial charge in [-0.05, 0) is 12.8 Å². The van der Waals surface area contributed by atoms with E-state index in [1.807, 2.05) is 0 Å². The van der Waals surface area contributed by atoms with Gasteiger partial charge in [0.15, 0.2) is 0 Å². The Morgan fingerprint density at radius 3 is 0.848 bits per heavy atom. The van der Waals surface area contributed by atoms with E-state index in [9.17, 15) is 21.4 Å². The van der Waals surface area contributed by atoms with Crippen LogP contribution in [0.2, 0.25) is 0 Å². The minimum absolute atomic E-state index is 0. The van der Waals surface area contributed by atoms with Crippen molar-refractivity contribution in [2.75, 3.05) is 12.4 Å². The first kappa shape index (κ1) is 50.8. The summed E-state index contributed by atoms with van der Waals surface area (Å²) in [6, 6.07) is 0. The summed E-state index contributed by atoms with van der Waals surface area (Å²) in [6.07, 6.45) is 40.6. The summed E-state index contributed by atoms with van der Waals surface area (Å²) in [5, 5.41) is 0. The van der Waals surface area contributed by atoms with E-state index in [2.05, 4.69) is 18.0 Å². The molecular formula is C36H75LiO7S2. The zero-order chi connectivity index (χ0) is 33.7. The van der Waals surface area contributed by atoms with Crippen molar-refractivity contribution in [2.24, 2.45) is 0 Å². The van der Waals surface area contributed by atoms with E-state index >= 15 is 0 Å². The Morgan fingerprint density at radius 1 is 0.413 bits per heavy atom. The molecule has 0 aromatic carbocycles. The first-order valence-electron chi connectivity index (χ1n) is 19.2. The van der Waals surface area contributed by atoms with Gasteiger partial charge in [-0.15, -0.1) is 0 Å². The maximum absolute atomic E-state index is 10.5. The molecule has 0 aromatic rings. The van der Waals surface area contributed by atoms with Gasteiger partial charge >= 0.3 is 18.9 Å². The molecule has 0 unspecified atom stereocenters. The van der Waals surface area contributed by atoms with Gasteiger partial charge in [0.05, 0.1) is 12.4 Å². The number of hydrogen-bond acceptors (Lipinski definition) is 6. The summed E-state index contributed by atoms with van der Waals surface area (Å²) in [6.45, 7) is 4.56. The van der Waals surface area contributed by atoms with Crippen molar-refractivity contribution in [2.45, 2.75) is 219 Å². The number of rotatable bonds is 35. The Bertz CT molecular complexity index is 777. The molecule has 0 atom stereocenters. The van der Waals surface area contributed by atoms with Gasteiger partial charge in [0.25, 0.3) is 10.1 Å². The topological polar surface area (TPSA) is 121 Å². The molecule has 0 radical (unpaired) electrons. The van der Waals surface area contributed by atoms with Crippen molar-refractivity contribution < 1.29 is 49.0 Å². The van der Waals surface area contributed by atoms with Crippen LogP contribution in [0.25, 0.3) is 0 Å². The summed E-state index contributed by atoms with van der Waals surface area (Å²) in [5.41, 5.74) is 0. The summed E-state index contributed by atoms with van der Waals surface area (Å²) in [4.78, 5) is 0. The molecule has 1 N–H and O–H groups in total. The van der Waals surface area contributed by atoms with Crippen molar-refractivity contribution in [1.29, 1.82) is 0 Å². The minimum Gasteiger partial charge on any atom is -0.726 e. The molecule has 0 saturated carbocycles. The van der Waals surface area contributed by atoms with E-state index in [0.717, 1.165) is 25.7 Å². The summed E-state index contributed by atoms with van der Waals surface area (Å²) >= 11 is 0. The van der Waals surface area contributed by atoms with Gasteiger partial charge in [-0.2, -0.15) is 8.42 Å². The second kappa shape index (κ2) is 39.8. The summed E-state index contributed by atoms with van der Waals surface area (Å²) in [7, 11) is -8.24. The van der Waals surface area contributed by atoms with Crippen molar-refractivity contribution in [3.63, 3.8) is 0 Å². The van der Waals surface area contributed by atoms with Crippen LogP contribution in [0.5, 0.6) is 0 Å². The van der Waals surface area contributed by atoms with Crippen molar-refractivity contribution in [3.05, 3.63) is 0 Å². The van der Waals surface area contributed by atoms with Crippen LogP contribution in [0.1, 0.15) is 219 Å². The first-order valence-corrected chi connectivity index (χ1v) is 22.1. The maximum atomic E-state index is 10.5. The molecule has 46 heavy (non-hydrogen) atoms. The molecule has 0 amide bonds. The Morgan fingerprint density at radius 2 is 0.630 bits per heavy atom. The smallest absolute Gasteiger partial charge is 0.726 e. The summed E-state index contributed by atoms with van der Waals surface area (Å²) in [5.74, 6) is -0.0779. The van der Waals surface area contributed by atoms with Gasteiger partial charge < -0.3 is 4.55 Å². The second-order valence-corrected chi connectivity index (χ2v) is 15.7. The predicted molar refractivity (Wildman–Crippen MR) is 191 cm³/mol.